The fourth-order valence-corrected chi connectivity index (χ4v) is 2.71. The van der Waals surface area contributed by atoms with Gasteiger partial charge in [0.05, 0.1) is 5.02 Å². The minimum absolute atomic E-state index is 0.0629. The molecule has 1 fully saturated rings. The van der Waals surface area contributed by atoms with Gasteiger partial charge in [-0.2, -0.15) is 0 Å². The second-order valence-electron chi connectivity index (χ2n) is 5.21. The van der Waals surface area contributed by atoms with Gasteiger partial charge in [-0.1, -0.05) is 11.6 Å². The van der Waals surface area contributed by atoms with Crippen LogP contribution in [0.5, 0.6) is 0 Å². The molecule has 1 unspecified atom stereocenters. The van der Waals surface area contributed by atoms with Gasteiger partial charge in [0, 0.05) is 12.2 Å². The van der Waals surface area contributed by atoms with E-state index in [1.165, 1.54) is 12.1 Å². The zero-order chi connectivity index (χ0) is 15.3. The van der Waals surface area contributed by atoms with Crippen LogP contribution in [-0.4, -0.2) is 18.2 Å². The van der Waals surface area contributed by atoms with Crippen molar-refractivity contribution in [3.8, 4) is 0 Å². The van der Waals surface area contributed by atoms with Gasteiger partial charge in [-0.25, -0.2) is 9.18 Å². The lowest BCUT2D eigenvalue weighted by molar-refractivity contribution is 0.222. The number of urea groups is 1. The van der Waals surface area contributed by atoms with Gasteiger partial charge in [-0.15, -0.1) is 0 Å². The highest BCUT2D eigenvalue weighted by atomic mass is 35.5. The van der Waals surface area contributed by atoms with Crippen LogP contribution in [0.3, 0.4) is 0 Å². The first kappa shape index (κ1) is 15.9. The Morgan fingerprint density at radius 3 is 2.90 bits per heavy atom. The average molecular weight is 313 g/mol. The number of hydrogen-bond donors (Lipinski definition) is 3. The molecule has 0 aliphatic heterocycles. The summed E-state index contributed by atoms with van der Waals surface area (Å²) in [4.78, 5) is 11.9. The van der Waals surface area contributed by atoms with E-state index in [4.69, 9.17) is 11.6 Å². The standard InChI is InChI=1S/C15H20ClFN3O/c1-2-18-14(21)20-15(8-4-3-5-9-15)19-11-6-7-13(17)12(16)10-11/h4,6-7,10,19H,2-3,5,8-9H2,1H3,(H2,18,20,21). The number of benzene rings is 1. The van der Waals surface area contributed by atoms with Crippen molar-refractivity contribution in [3.63, 3.8) is 0 Å². The first-order chi connectivity index (χ1) is 10.0. The van der Waals surface area contributed by atoms with Gasteiger partial charge >= 0.3 is 6.03 Å². The summed E-state index contributed by atoms with van der Waals surface area (Å²) in [5.74, 6) is -0.455. The van der Waals surface area contributed by atoms with Crippen molar-refractivity contribution in [2.24, 2.45) is 0 Å². The quantitative estimate of drug-likeness (QED) is 0.743. The summed E-state index contributed by atoms with van der Waals surface area (Å²) >= 11 is 5.81. The van der Waals surface area contributed by atoms with E-state index >= 15 is 0 Å². The smallest absolute Gasteiger partial charge is 0.316 e. The molecule has 2 amide bonds. The van der Waals surface area contributed by atoms with Crippen LogP contribution in [0, 0.1) is 12.2 Å². The number of nitrogens with one attached hydrogen (secondary N) is 3. The van der Waals surface area contributed by atoms with Crippen LogP contribution in [0.15, 0.2) is 18.2 Å². The molecule has 1 aromatic carbocycles. The lowest BCUT2D eigenvalue weighted by Crippen LogP contribution is -2.58. The predicted octanol–water partition coefficient (Wildman–Crippen LogP) is 3.68. The van der Waals surface area contributed by atoms with E-state index in [0.29, 0.717) is 18.7 Å². The molecule has 0 saturated heterocycles. The highest BCUT2D eigenvalue weighted by molar-refractivity contribution is 6.31. The highest BCUT2D eigenvalue weighted by Gasteiger charge is 2.33. The summed E-state index contributed by atoms with van der Waals surface area (Å²) in [6.45, 7) is 2.43. The summed E-state index contributed by atoms with van der Waals surface area (Å²) in [6.07, 6.45) is 5.67. The summed E-state index contributed by atoms with van der Waals surface area (Å²) in [5, 5.41) is 9.08. The molecule has 1 aliphatic rings. The molecule has 21 heavy (non-hydrogen) atoms. The molecule has 0 aromatic heterocycles. The van der Waals surface area contributed by atoms with Crippen molar-refractivity contribution in [1.29, 1.82) is 0 Å². The fraction of sp³-hybridized carbons (Fsp3) is 0.467. The van der Waals surface area contributed by atoms with Crippen molar-refractivity contribution in [1.82, 2.24) is 10.6 Å². The molecule has 1 aromatic rings. The molecular weight excluding hydrogens is 293 g/mol. The van der Waals surface area contributed by atoms with E-state index in [1.54, 1.807) is 6.07 Å². The first-order valence-electron chi connectivity index (χ1n) is 7.15. The number of rotatable bonds is 4. The van der Waals surface area contributed by atoms with Crippen molar-refractivity contribution in [2.75, 3.05) is 11.9 Å². The largest absolute Gasteiger partial charge is 0.363 e. The van der Waals surface area contributed by atoms with Gasteiger partial charge < -0.3 is 16.0 Å². The van der Waals surface area contributed by atoms with E-state index in [0.717, 1.165) is 19.3 Å². The molecule has 0 spiro atoms. The molecule has 115 valence electrons. The zero-order valence-corrected chi connectivity index (χ0v) is 12.8. The van der Waals surface area contributed by atoms with Gasteiger partial charge in [-0.05, 0) is 57.2 Å². The van der Waals surface area contributed by atoms with E-state index in [9.17, 15) is 9.18 Å². The van der Waals surface area contributed by atoms with Crippen molar-refractivity contribution < 1.29 is 9.18 Å². The van der Waals surface area contributed by atoms with Crippen LogP contribution in [-0.2, 0) is 0 Å². The van der Waals surface area contributed by atoms with Gasteiger partial charge in [-0.3, -0.25) is 0 Å². The second kappa shape index (κ2) is 6.98. The van der Waals surface area contributed by atoms with E-state index in [-0.39, 0.29) is 11.1 Å². The molecule has 0 heterocycles. The first-order valence-corrected chi connectivity index (χ1v) is 7.53. The second-order valence-corrected chi connectivity index (χ2v) is 5.61. The maximum Gasteiger partial charge on any atom is 0.316 e. The van der Waals surface area contributed by atoms with Crippen LogP contribution in [0.2, 0.25) is 5.02 Å². The van der Waals surface area contributed by atoms with Crippen molar-refractivity contribution in [3.05, 3.63) is 35.5 Å². The van der Waals surface area contributed by atoms with E-state index in [1.807, 2.05) is 6.92 Å². The number of halogens is 2. The molecule has 2 rings (SSSR count). The third-order valence-corrected chi connectivity index (χ3v) is 3.79. The van der Waals surface area contributed by atoms with Gasteiger partial charge in [0.1, 0.15) is 11.5 Å². The van der Waals surface area contributed by atoms with Crippen molar-refractivity contribution >= 4 is 23.3 Å². The van der Waals surface area contributed by atoms with Crippen LogP contribution >= 0.6 is 11.6 Å². The summed E-state index contributed by atoms with van der Waals surface area (Å²) in [6, 6.07) is 4.26. The van der Waals surface area contributed by atoms with Gasteiger partial charge in [0.25, 0.3) is 0 Å². The van der Waals surface area contributed by atoms with Crippen molar-refractivity contribution in [2.45, 2.75) is 38.3 Å². The number of hydrogen-bond acceptors (Lipinski definition) is 2. The molecule has 3 N–H and O–H groups in total. The molecular formula is C15H20ClFN3O. The third kappa shape index (κ3) is 4.24. The average Bonchev–Trinajstić information content (AvgIpc) is 2.44. The number of anilines is 1. The SMILES string of the molecule is CCNC(=O)NC1(Nc2ccc(F)c(Cl)c2)C[CH]CCC1. The molecule has 6 heteroatoms. The molecule has 1 saturated carbocycles. The van der Waals surface area contributed by atoms with Crippen LogP contribution < -0.4 is 16.0 Å². The minimum atomic E-state index is -0.557. The topological polar surface area (TPSA) is 53.2 Å². The van der Waals surface area contributed by atoms with Crippen LogP contribution in [0.4, 0.5) is 14.9 Å². The summed E-state index contributed by atoms with van der Waals surface area (Å²) in [5.41, 5.74) is 0.132. The molecule has 4 nitrogen and oxygen atoms in total. The third-order valence-electron chi connectivity index (χ3n) is 3.50. The Labute approximate surface area is 129 Å². The Balaban J connectivity index is 2.15. The Kier molecular flexibility index (Phi) is 5.28. The molecule has 1 aliphatic carbocycles. The normalized spacial score (nSPS) is 17.1. The maximum absolute atomic E-state index is 13.2. The predicted molar refractivity (Wildman–Crippen MR) is 82.7 cm³/mol. The Hall–Kier alpha value is -1.49. The van der Waals surface area contributed by atoms with Crippen LogP contribution in [0.1, 0.15) is 32.6 Å². The van der Waals surface area contributed by atoms with E-state index in [2.05, 4.69) is 22.4 Å². The lowest BCUT2D eigenvalue weighted by atomic mass is 9.88. The maximum atomic E-state index is 13.2. The highest BCUT2D eigenvalue weighted by Crippen LogP contribution is 2.30. The molecule has 1 atom stereocenters. The zero-order valence-electron chi connectivity index (χ0n) is 12.0. The molecule has 1 radical (unpaired) electrons. The van der Waals surface area contributed by atoms with E-state index < -0.39 is 11.5 Å². The minimum Gasteiger partial charge on any atom is -0.363 e. The summed E-state index contributed by atoms with van der Waals surface area (Å²) in [7, 11) is 0. The van der Waals surface area contributed by atoms with Gasteiger partial charge in [0.15, 0.2) is 0 Å². The summed E-state index contributed by atoms with van der Waals surface area (Å²) < 4.78 is 13.2. The monoisotopic (exact) mass is 312 g/mol. The Morgan fingerprint density at radius 2 is 2.29 bits per heavy atom. The fourth-order valence-electron chi connectivity index (χ4n) is 2.53. The number of carbonyl (C=O) groups is 1. The number of carbonyl (C=O) groups excluding carboxylic acids is 1. The number of amides is 2. The molecule has 0 bridgehead atoms. The van der Waals surface area contributed by atoms with Crippen LogP contribution in [0.25, 0.3) is 0 Å². The Bertz CT molecular complexity index is 504. The van der Waals surface area contributed by atoms with Gasteiger partial charge in [0.2, 0.25) is 0 Å². The Morgan fingerprint density at radius 1 is 1.48 bits per heavy atom. The lowest BCUT2D eigenvalue weighted by Gasteiger charge is -2.39.